The van der Waals surface area contributed by atoms with Crippen LogP contribution in [0.2, 0.25) is 0 Å². The topological polar surface area (TPSA) is 99.3 Å². The Bertz CT molecular complexity index is 1400. The summed E-state index contributed by atoms with van der Waals surface area (Å²) < 4.78 is 0. The van der Waals surface area contributed by atoms with Gasteiger partial charge in [-0.3, -0.25) is 14.9 Å². The van der Waals surface area contributed by atoms with Crippen LogP contribution < -0.4 is 5.32 Å². The van der Waals surface area contributed by atoms with E-state index in [4.69, 9.17) is 0 Å². The Morgan fingerprint density at radius 3 is 2.83 bits per heavy atom. The van der Waals surface area contributed by atoms with Crippen LogP contribution in [0, 0.1) is 0 Å². The van der Waals surface area contributed by atoms with E-state index < -0.39 is 0 Å². The second-order valence-electron chi connectivity index (χ2n) is 7.57. The molecule has 1 atom stereocenters. The molecule has 1 amide bonds. The fourth-order valence-electron chi connectivity index (χ4n) is 4.29. The lowest BCUT2D eigenvalue weighted by atomic mass is 10.1. The van der Waals surface area contributed by atoms with Gasteiger partial charge in [0.2, 0.25) is 0 Å². The average Bonchev–Trinajstić information content (AvgIpc) is 3.49. The minimum atomic E-state index is -0.191. The third-order valence-corrected chi connectivity index (χ3v) is 5.77. The number of hydrogen-bond acceptors (Lipinski definition) is 4. The summed E-state index contributed by atoms with van der Waals surface area (Å²) in [4.78, 5) is 24.6. The normalized spacial score (nSPS) is 15.5. The van der Waals surface area contributed by atoms with Gasteiger partial charge in [0.1, 0.15) is 5.69 Å². The maximum Gasteiger partial charge on any atom is 0.287 e. The van der Waals surface area contributed by atoms with Crippen molar-refractivity contribution in [2.75, 3.05) is 0 Å². The quantitative estimate of drug-likeness (QED) is 0.432. The van der Waals surface area contributed by atoms with Crippen LogP contribution in [0.5, 0.6) is 0 Å². The van der Waals surface area contributed by atoms with Gasteiger partial charge < -0.3 is 10.3 Å². The standard InChI is InChI=1S/C23H18N6O/c30-23(27-17-6-5-13-3-1-2-4-15(13)17)22-25-19-11-16-18(12-20(19)26-22)28-29-21(16)14-7-9-24-10-8-14/h1-4,7-12,17H,5-6H2,(H,25,26)(H,27,30)(H,28,29). The number of aryl methyl sites for hydroxylation is 1. The molecule has 5 aromatic rings. The molecule has 7 heteroatoms. The molecular formula is C23H18N6O. The van der Waals surface area contributed by atoms with Crippen molar-refractivity contribution < 1.29 is 4.79 Å². The lowest BCUT2D eigenvalue weighted by Crippen LogP contribution is -2.28. The summed E-state index contributed by atoms with van der Waals surface area (Å²) in [6.07, 6.45) is 5.38. The first-order chi connectivity index (χ1) is 14.8. The minimum Gasteiger partial charge on any atom is -0.343 e. The molecule has 1 aliphatic carbocycles. The van der Waals surface area contributed by atoms with Gasteiger partial charge in [0.05, 0.1) is 22.6 Å². The molecule has 3 N–H and O–H groups in total. The lowest BCUT2D eigenvalue weighted by Gasteiger charge is -2.12. The number of fused-ring (bicyclic) bond motifs is 3. The molecule has 3 aromatic heterocycles. The SMILES string of the molecule is O=C(NC1CCc2ccccc21)c1nc2cc3c(-c4ccncc4)n[nH]c3cc2[nH]1. The molecular weight excluding hydrogens is 376 g/mol. The predicted molar refractivity (Wildman–Crippen MR) is 114 cm³/mol. The Balaban J connectivity index is 1.34. The summed E-state index contributed by atoms with van der Waals surface area (Å²) >= 11 is 0. The maximum absolute atomic E-state index is 12.9. The van der Waals surface area contributed by atoms with Gasteiger partial charge in [0.15, 0.2) is 5.82 Å². The van der Waals surface area contributed by atoms with Crippen molar-refractivity contribution in [2.24, 2.45) is 0 Å². The summed E-state index contributed by atoms with van der Waals surface area (Å²) in [5.41, 5.74) is 6.73. The number of carbonyl (C=O) groups is 1. The third kappa shape index (κ3) is 2.67. The van der Waals surface area contributed by atoms with Crippen LogP contribution in [0.25, 0.3) is 33.2 Å². The molecule has 0 bridgehead atoms. The van der Waals surface area contributed by atoms with Gasteiger partial charge in [-0.1, -0.05) is 24.3 Å². The molecule has 1 unspecified atom stereocenters. The molecule has 6 rings (SSSR count). The van der Waals surface area contributed by atoms with Gasteiger partial charge in [-0.2, -0.15) is 5.10 Å². The number of carbonyl (C=O) groups excluding carboxylic acids is 1. The molecule has 0 saturated carbocycles. The molecule has 0 saturated heterocycles. The minimum absolute atomic E-state index is 0.0269. The number of aromatic nitrogens is 5. The monoisotopic (exact) mass is 394 g/mol. The van der Waals surface area contributed by atoms with E-state index in [1.807, 2.05) is 36.4 Å². The van der Waals surface area contributed by atoms with Gasteiger partial charge in [0, 0.05) is 23.3 Å². The molecule has 7 nitrogen and oxygen atoms in total. The van der Waals surface area contributed by atoms with Gasteiger partial charge >= 0.3 is 0 Å². The number of imidazole rings is 1. The van der Waals surface area contributed by atoms with Crippen LogP contribution >= 0.6 is 0 Å². The van der Waals surface area contributed by atoms with Crippen molar-refractivity contribution in [2.45, 2.75) is 18.9 Å². The third-order valence-electron chi connectivity index (χ3n) is 5.77. The second kappa shape index (κ2) is 6.52. The van der Waals surface area contributed by atoms with Crippen molar-refractivity contribution in [3.63, 3.8) is 0 Å². The van der Waals surface area contributed by atoms with Crippen LogP contribution in [0.1, 0.15) is 34.2 Å². The fraction of sp³-hybridized carbons (Fsp3) is 0.130. The zero-order valence-electron chi connectivity index (χ0n) is 16.0. The molecule has 0 fully saturated rings. The number of amides is 1. The second-order valence-corrected chi connectivity index (χ2v) is 7.57. The molecule has 3 heterocycles. The highest BCUT2D eigenvalue weighted by atomic mass is 16.2. The molecule has 0 aliphatic heterocycles. The molecule has 30 heavy (non-hydrogen) atoms. The zero-order valence-corrected chi connectivity index (χ0v) is 16.0. The smallest absolute Gasteiger partial charge is 0.287 e. The number of nitrogens with one attached hydrogen (secondary N) is 3. The number of benzene rings is 2. The highest BCUT2D eigenvalue weighted by Crippen LogP contribution is 2.31. The van der Waals surface area contributed by atoms with E-state index in [9.17, 15) is 4.79 Å². The summed E-state index contributed by atoms with van der Waals surface area (Å²) in [6.45, 7) is 0. The Kier molecular flexibility index (Phi) is 3.67. The van der Waals surface area contributed by atoms with Crippen LogP contribution in [-0.2, 0) is 6.42 Å². The van der Waals surface area contributed by atoms with Crippen molar-refractivity contribution >= 4 is 27.8 Å². The van der Waals surface area contributed by atoms with Gasteiger partial charge in [-0.15, -0.1) is 0 Å². The van der Waals surface area contributed by atoms with E-state index >= 15 is 0 Å². The van der Waals surface area contributed by atoms with Crippen molar-refractivity contribution in [3.05, 3.63) is 77.9 Å². The van der Waals surface area contributed by atoms with Crippen LogP contribution in [0.15, 0.2) is 60.9 Å². The van der Waals surface area contributed by atoms with E-state index in [0.29, 0.717) is 5.82 Å². The molecule has 146 valence electrons. The summed E-state index contributed by atoms with van der Waals surface area (Å²) in [5.74, 6) is 0.129. The van der Waals surface area contributed by atoms with Crippen LogP contribution in [0.4, 0.5) is 0 Å². The zero-order chi connectivity index (χ0) is 20.1. The molecule has 1 aliphatic rings. The Morgan fingerprint density at radius 2 is 1.93 bits per heavy atom. The van der Waals surface area contributed by atoms with E-state index in [1.54, 1.807) is 12.4 Å². The first-order valence-electron chi connectivity index (χ1n) is 9.93. The number of pyridine rings is 1. The number of rotatable bonds is 3. The molecule has 2 aromatic carbocycles. The first-order valence-corrected chi connectivity index (χ1v) is 9.93. The van der Waals surface area contributed by atoms with Crippen molar-refractivity contribution in [3.8, 4) is 11.3 Å². The van der Waals surface area contributed by atoms with Gasteiger partial charge in [0.25, 0.3) is 5.91 Å². The largest absolute Gasteiger partial charge is 0.343 e. The number of H-pyrrole nitrogens is 2. The molecule has 0 radical (unpaired) electrons. The highest BCUT2D eigenvalue weighted by molar-refractivity contribution is 6.02. The van der Waals surface area contributed by atoms with Gasteiger partial charge in [-0.25, -0.2) is 4.98 Å². The number of nitrogens with zero attached hydrogens (tertiary/aromatic N) is 3. The predicted octanol–water partition coefficient (Wildman–Crippen LogP) is 3.92. The highest BCUT2D eigenvalue weighted by Gasteiger charge is 2.25. The van der Waals surface area contributed by atoms with Gasteiger partial charge in [-0.05, 0) is 48.2 Å². The van der Waals surface area contributed by atoms with Crippen molar-refractivity contribution in [1.82, 2.24) is 30.5 Å². The summed E-state index contributed by atoms with van der Waals surface area (Å²) in [5, 5.41) is 11.6. The van der Waals surface area contributed by atoms with E-state index in [1.165, 1.54) is 11.1 Å². The fourth-order valence-corrected chi connectivity index (χ4v) is 4.29. The van der Waals surface area contributed by atoms with E-state index in [2.05, 4.69) is 42.6 Å². The average molecular weight is 394 g/mol. The Labute approximate surface area is 171 Å². The van der Waals surface area contributed by atoms with E-state index in [0.717, 1.165) is 46.0 Å². The maximum atomic E-state index is 12.9. The summed E-state index contributed by atoms with van der Waals surface area (Å²) in [6, 6.07) is 16.0. The number of aromatic amines is 2. The Hall–Kier alpha value is -4.00. The first kappa shape index (κ1) is 16.9. The number of hydrogen-bond donors (Lipinski definition) is 3. The lowest BCUT2D eigenvalue weighted by molar-refractivity contribution is 0.0927. The summed E-state index contributed by atoms with van der Waals surface area (Å²) in [7, 11) is 0. The van der Waals surface area contributed by atoms with Crippen LogP contribution in [0.3, 0.4) is 0 Å². The van der Waals surface area contributed by atoms with Crippen LogP contribution in [-0.4, -0.2) is 31.1 Å². The van der Waals surface area contributed by atoms with E-state index in [-0.39, 0.29) is 11.9 Å². The molecule has 0 spiro atoms. The Morgan fingerprint density at radius 1 is 1.07 bits per heavy atom. The van der Waals surface area contributed by atoms with Crippen molar-refractivity contribution in [1.29, 1.82) is 0 Å².